The van der Waals surface area contributed by atoms with E-state index in [2.05, 4.69) is 32.1 Å². The van der Waals surface area contributed by atoms with Gasteiger partial charge < -0.3 is 10.2 Å². The zero-order valence-corrected chi connectivity index (χ0v) is 13.0. The molecule has 1 aromatic heterocycles. The number of likely N-dealkylation sites (tertiary alicyclic amines) is 1. The van der Waals surface area contributed by atoms with Crippen LogP contribution in [0, 0.1) is 11.8 Å². The van der Waals surface area contributed by atoms with E-state index < -0.39 is 0 Å². The average Bonchev–Trinajstić information content (AvgIpc) is 3.20. The smallest absolute Gasteiger partial charge is 0.237 e. The Balaban J connectivity index is 1.37. The summed E-state index contributed by atoms with van der Waals surface area (Å²) in [5, 5.41) is 3.13. The fourth-order valence-corrected chi connectivity index (χ4v) is 3.83. The highest BCUT2D eigenvalue weighted by Crippen LogP contribution is 2.36. The number of aromatic nitrogens is 2. The molecule has 3 aliphatic rings. The predicted molar refractivity (Wildman–Crippen MR) is 83.4 cm³/mol. The molecule has 22 heavy (non-hydrogen) atoms. The number of likely N-dealkylation sites (N-methyl/N-ethyl adjacent to an activating group) is 1. The first-order valence-electron chi connectivity index (χ1n) is 8.24. The molecule has 3 fully saturated rings. The van der Waals surface area contributed by atoms with Gasteiger partial charge in [-0.2, -0.15) is 0 Å². The molecule has 2 aliphatic heterocycles. The molecule has 0 spiro atoms. The summed E-state index contributed by atoms with van der Waals surface area (Å²) in [7, 11) is 2.08. The molecule has 2 saturated heterocycles. The molecule has 118 valence electrons. The fourth-order valence-electron chi connectivity index (χ4n) is 3.83. The maximum Gasteiger partial charge on any atom is 0.237 e. The van der Waals surface area contributed by atoms with E-state index in [1.54, 1.807) is 12.4 Å². The second-order valence-corrected chi connectivity index (χ2v) is 6.89. The molecule has 1 N–H and O–H groups in total. The third-order valence-corrected chi connectivity index (χ3v) is 5.35. The molecule has 1 saturated carbocycles. The molecule has 0 aromatic carbocycles. The summed E-state index contributed by atoms with van der Waals surface area (Å²) in [5.41, 5.74) is 0. The fraction of sp³-hybridized carbons (Fsp3) is 0.688. The second-order valence-electron chi connectivity index (χ2n) is 6.89. The highest BCUT2D eigenvalue weighted by Gasteiger charge is 2.47. The number of nitrogens with zero attached hydrogens (tertiary/aromatic N) is 4. The standard InChI is InChI=1S/C16H23N5O/c1-20-13(15(22)19-8-11-3-4-11)7-12-9-21(10-14(12)20)16-17-5-2-6-18-16/h2,5-6,11-14H,3-4,7-10H2,1H3,(H,19,22)/t12-,13-,14+/m1/s1. The first-order chi connectivity index (χ1) is 10.7. The van der Waals surface area contributed by atoms with E-state index in [4.69, 9.17) is 0 Å². The summed E-state index contributed by atoms with van der Waals surface area (Å²) >= 11 is 0. The quantitative estimate of drug-likeness (QED) is 0.878. The van der Waals surface area contributed by atoms with E-state index >= 15 is 0 Å². The van der Waals surface area contributed by atoms with Crippen molar-refractivity contribution in [1.82, 2.24) is 20.2 Å². The van der Waals surface area contributed by atoms with Crippen LogP contribution in [-0.4, -0.2) is 59.5 Å². The second kappa shape index (κ2) is 5.50. The monoisotopic (exact) mass is 301 g/mol. The van der Waals surface area contributed by atoms with Crippen LogP contribution in [0.25, 0.3) is 0 Å². The SMILES string of the molecule is CN1[C@@H](C(=O)NCC2CC2)C[C@@H]2CN(c3ncccn3)C[C@@H]21. The number of carbonyl (C=O) groups is 1. The molecule has 3 atom stereocenters. The summed E-state index contributed by atoms with van der Waals surface area (Å²) in [5.74, 6) is 2.29. The van der Waals surface area contributed by atoms with E-state index in [1.165, 1.54) is 12.8 Å². The molecule has 6 heteroatoms. The Labute approximate surface area is 130 Å². The van der Waals surface area contributed by atoms with E-state index in [0.717, 1.165) is 37.9 Å². The molecule has 0 bridgehead atoms. The van der Waals surface area contributed by atoms with E-state index in [9.17, 15) is 4.79 Å². The van der Waals surface area contributed by atoms with Crippen molar-refractivity contribution in [3.8, 4) is 0 Å². The normalized spacial score (nSPS) is 31.3. The Morgan fingerprint density at radius 2 is 2.09 bits per heavy atom. The van der Waals surface area contributed by atoms with Gasteiger partial charge in [-0.05, 0) is 44.2 Å². The topological polar surface area (TPSA) is 61.4 Å². The van der Waals surface area contributed by atoms with Crippen molar-refractivity contribution in [2.45, 2.75) is 31.3 Å². The summed E-state index contributed by atoms with van der Waals surface area (Å²) in [6, 6.07) is 2.31. The Bertz CT molecular complexity index is 547. The number of hydrogen-bond acceptors (Lipinski definition) is 5. The average molecular weight is 301 g/mol. The van der Waals surface area contributed by atoms with Crippen LogP contribution in [-0.2, 0) is 4.79 Å². The lowest BCUT2D eigenvalue weighted by Crippen LogP contribution is -2.46. The summed E-state index contributed by atoms with van der Waals surface area (Å²) < 4.78 is 0. The molecule has 1 aliphatic carbocycles. The van der Waals surface area contributed by atoms with Crippen molar-refractivity contribution < 1.29 is 4.79 Å². The minimum absolute atomic E-state index is 0.0348. The van der Waals surface area contributed by atoms with Gasteiger partial charge in [-0.3, -0.25) is 9.69 Å². The van der Waals surface area contributed by atoms with E-state index in [-0.39, 0.29) is 11.9 Å². The van der Waals surface area contributed by atoms with Gasteiger partial charge in [0.25, 0.3) is 0 Å². The minimum Gasteiger partial charge on any atom is -0.354 e. The minimum atomic E-state index is 0.0348. The summed E-state index contributed by atoms with van der Waals surface area (Å²) in [6.45, 7) is 2.73. The highest BCUT2D eigenvalue weighted by molar-refractivity contribution is 5.82. The number of carbonyl (C=O) groups excluding carboxylic acids is 1. The van der Waals surface area contributed by atoms with Gasteiger partial charge in [-0.1, -0.05) is 0 Å². The molecular weight excluding hydrogens is 278 g/mol. The van der Waals surface area contributed by atoms with Crippen LogP contribution >= 0.6 is 0 Å². The van der Waals surface area contributed by atoms with Gasteiger partial charge in [0, 0.05) is 38.1 Å². The van der Waals surface area contributed by atoms with Gasteiger partial charge in [-0.25, -0.2) is 9.97 Å². The van der Waals surface area contributed by atoms with Gasteiger partial charge >= 0.3 is 0 Å². The van der Waals surface area contributed by atoms with E-state index in [0.29, 0.717) is 12.0 Å². The summed E-state index contributed by atoms with van der Waals surface area (Å²) in [6.07, 6.45) is 7.07. The van der Waals surface area contributed by atoms with Crippen molar-refractivity contribution in [3.05, 3.63) is 18.5 Å². The number of nitrogens with one attached hydrogen (secondary N) is 1. The van der Waals surface area contributed by atoms with Crippen LogP contribution in [0.15, 0.2) is 18.5 Å². The first kappa shape index (κ1) is 13.9. The van der Waals surface area contributed by atoms with Crippen molar-refractivity contribution in [2.24, 2.45) is 11.8 Å². The van der Waals surface area contributed by atoms with Gasteiger partial charge in [0.2, 0.25) is 11.9 Å². The van der Waals surface area contributed by atoms with Crippen molar-refractivity contribution in [1.29, 1.82) is 0 Å². The maximum absolute atomic E-state index is 12.4. The van der Waals surface area contributed by atoms with Crippen molar-refractivity contribution in [3.63, 3.8) is 0 Å². The van der Waals surface area contributed by atoms with Gasteiger partial charge in [0.15, 0.2) is 0 Å². The predicted octanol–water partition coefficient (Wildman–Crippen LogP) is 0.512. The molecular formula is C16H23N5O. The lowest BCUT2D eigenvalue weighted by molar-refractivity contribution is -0.125. The molecule has 4 rings (SSSR count). The molecule has 0 unspecified atom stereocenters. The Kier molecular flexibility index (Phi) is 3.48. The third kappa shape index (κ3) is 2.56. The molecule has 1 aromatic rings. The summed E-state index contributed by atoms with van der Waals surface area (Å²) in [4.78, 5) is 25.6. The number of fused-ring (bicyclic) bond motifs is 1. The number of anilines is 1. The lowest BCUT2D eigenvalue weighted by atomic mass is 10.0. The van der Waals surface area contributed by atoms with Crippen molar-refractivity contribution in [2.75, 3.05) is 31.6 Å². The Morgan fingerprint density at radius 1 is 1.32 bits per heavy atom. The first-order valence-corrected chi connectivity index (χ1v) is 8.24. The van der Waals surface area contributed by atoms with Crippen LogP contribution < -0.4 is 10.2 Å². The van der Waals surface area contributed by atoms with Crippen LogP contribution in [0.5, 0.6) is 0 Å². The zero-order chi connectivity index (χ0) is 15.1. The molecule has 3 heterocycles. The number of amides is 1. The highest BCUT2D eigenvalue weighted by atomic mass is 16.2. The van der Waals surface area contributed by atoms with Crippen LogP contribution in [0.1, 0.15) is 19.3 Å². The van der Waals surface area contributed by atoms with Gasteiger partial charge in [0.05, 0.1) is 6.04 Å². The number of rotatable bonds is 4. The zero-order valence-electron chi connectivity index (χ0n) is 13.0. The third-order valence-electron chi connectivity index (χ3n) is 5.35. The Morgan fingerprint density at radius 3 is 2.77 bits per heavy atom. The van der Waals surface area contributed by atoms with Crippen LogP contribution in [0.2, 0.25) is 0 Å². The van der Waals surface area contributed by atoms with Crippen LogP contribution in [0.3, 0.4) is 0 Å². The van der Waals surface area contributed by atoms with Gasteiger partial charge in [0.1, 0.15) is 0 Å². The molecule has 6 nitrogen and oxygen atoms in total. The molecule has 0 radical (unpaired) electrons. The number of hydrogen-bond donors (Lipinski definition) is 1. The van der Waals surface area contributed by atoms with E-state index in [1.807, 2.05) is 6.07 Å². The lowest BCUT2D eigenvalue weighted by Gasteiger charge is -2.26. The van der Waals surface area contributed by atoms with Gasteiger partial charge in [-0.15, -0.1) is 0 Å². The Hall–Kier alpha value is -1.69. The molecule has 1 amide bonds. The van der Waals surface area contributed by atoms with Crippen LogP contribution in [0.4, 0.5) is 5.95 Å². The largest absolute Gasteiger partial charge is 0.354 e. The van der Waals surface area contributed by atoms with Crippen molar-refractivity contribution >= 4 is 11.9 Å². The maximum atomic E-state index is 12.4.